The first-order valence-electron chi connectivity index (χ1n) is 7.47. The summed E-state index contributed by atoms with van der Waals surface area (Å²) < 4.78 is 24.0. The van der Waals surface area contributed by atoms with Crippen molar-refractivity contribution in [1.82, 2.24) is 4.90 Å². The minimum absolute atomic E-state index is 0.142. The van der Waals surface area contributed by atoms with Gasteiger partial charge in [0.05, 0.1) is 20.8 Å². The minimum atomic E-state index is -0.273. The van der Waals surface area contributed by atoms with Crippen LogP contribution in [0.1, 0.15) is 5.56 Å². The number of carbonyl (C=O) groups excluding carboxylic acids is 1. The summed E-state index contributed by atoms with van der Waals surface area (Å²) in [6.07, 6.45) is 0. The lowest BCUT2D eigenvalue weighted by Gasteiger charge is -2.17. The number of anilines is 1. The first kappa shape index (κ1) is 17.7. The molecule has 1 N–H and O–H groups in total. The number of likely N-dealkylation sites (N-methyl/N-ethyl adjacent to an activating group) is 1. The quantitative estimate of drug-likeness (QED) is 0.847. The molecule has 0 saturated carbocycles. The van der Waals surface area contributed by atoms with E-state index in [0.29, 0.717) is 29.3 Å². The van der Waals surface area contributed by atoms with Gasteiger partial charge in [-0.25, -0.2) is 4.39 Å². The Kier molecular flexibility index (Phi) is 6.14. The molecule has 0 aliphatic heterocycles. The van der Waals surface area contributed by atoms with Crippen LogP contribution in [-0.2, 0) is 11.3 Å². The van der Waals surface area contributed by atoms with E-state index in [4.69, 9.17) is 9.47 Å². The van der Waals surface area contributed by atoms with Gasteiger partial charge < -0.3 is 14.8 Å². The molecule has 0 fully saturated rings. The predicted octanol–water partition coefficient (Wildman–Crippen LogP) is 2.91. The summed E-state index contributed by atoms with van der Waals surface area (Å²) in [5.41, 5.74) is 1.16. The fourth-order valence-corrected chi connectivity index (χ4v) is 2.33. The molecule has 0 aliphatic rings. The van der Waals surface area contributed by atoms with E-state index in [0.717, 1.165) is 0 Å². The molecule has 0 aliphatic carbocycles. The number of ether oxygens (including phenoxy) is 2. The van der Waals surface area contributed by atoms with Gasteiger partial charge in [-0.05, 0) is 25.2 Å². The molecule has 2 rings (SSSR count). The fourth-order valence-electron chi connectivity index (χ4n) is 2.33. The molecule has 1 amide bonds. The van der Waals surface area contributed by atoms with Crippen molar-refractivity contribution in [3.8, 4) is 11.5 Å². The van der Waals surface area contributed by atoms with Crippen molar-refractivity contribution >= 4 is 11.6 Å². The lowest BCUT2D eigenvalue weighted by atomic mass is 10.2. The number of halogens is 1. The Morgan fingerprint density at radius 2 is 1.83 bits per heavy atom. The first-order valence-corrected chi connectivity index (χ1v) is 7.47. The van der Waals surface area contributed by atoms with Crippen molar-refractivity contribution in [1.29, 1.82) is 0 Å². The molecule has 0 unspecified atom stereocenters. The van der Waals surface area contributed by atoms with Crippen LogP contribution in [0.15, 0.2) is 42.5 Å². The van der Waals surface area contributed by atoms with Crippen LogP contribution in [0, 0.1) is 5.82 Å². The lowest BCUT2D eigenvalue weighted by Crippen LogP contribution is -2.30. The van der Waals surface area contributed by atoms with Crippen molar-refractivity contribution in [2.75, 3.05) is 33.1 Å². The molecule has 2 aromatic rings. The van der Waals surface area contributed by atoms with E-state index < -0.39 is 0 Å². The van der Waals surface area contributed by atoms with Gasteiger partial charge in [0.25, 0.3) is 0 Å². The third-order valence-electron chi connectivity index (χ3n) is 3.48. The second kappa shape index (κ2) is 8.31. The van der Waals surface area contributed by atoms with Gasteiger partial charge in [0, 0.05) is 23.9 Å². The highest BCUT2D eigenvalue weighted by molar-refractivity contribution is 5.92. The van der Waals surface area contributed by atoms with Crippen molar-refractivity contribution in [3.05, 3.63) is 53.8 Å². The van der Waals surface area contributed by atoms with Crippen LogP contribution in [-0.4, -0.2) is 38.6 Å². The van der Waals surface area contributed by atoms with Crippen molar-refractivity contribution in [2.24, 2.45) is 0 Å². The third kappa shape index (κ3) is 4.70. The zero-order valence-corrected chi connectivity index (χ0v) is 14.0. The highest BCUT2D eigenvalue weighted by Gasteiger charge is 2.11. The highest BCUT2D eigenvalue weighted by Crippen LogP contribution is 2.29. The molecule has 128 valence electrons. The van der Waals surface area contributed by atoms with Crippen LogP contribution in [0.3, 0.4) is 0 Å². The second-order valence-electron chi connectivity index (χ2n) is 5.38. The maximum Gasteiger partial charge on any atom is 0.238 e. The van der Waals surface area contributed by atoms with E-state index in [-0.39, 0.29) is 18.3 Å². The summed E-state index contributed by atoms with van der Waals surface area (Å²) in [4.78, 5) is 13.9. The summed E-state index contributed by atoms with van der Waals surface area (Å²) >= 11 is 0. The number of methoxy groups -OCH3 is 2. The average Bonchev–Trinajstić information content (AvgIpc) is 2.56. The van der Waals surface area contributed by atoms with Crippen molar-refractivity contribution in [2.45, 2.75) is 6.54 Å². The van der Waals surface area contributed by atoms with Gasteiger partial charge >= 0.3 is 0 Å². The molecule has 24 heavy (non-hydrogen) atoms. The predicted molar refractivity (Wildman–Crippen MR) is 90.9 cm³/mol. The monoisotopic (exact) mass is 332 g/mol. The van der Waals surface area contributed by atoms with E-state index >= 15 is 0 Å². The number of hydrogen-bond donors (Lipinski definition) is 1. The number of carbonyl (C=O) groups is 1. The molecule has 0 radical (unpaired) electrons. The molecule has 0 atom stereocenters. The summed E-state index contributed by atoms with van der Waals surface area (Å²) in [6.45, 7) is 0.495. The van der Waals surface area contributed by atoms with Gasteiger partial charge in [0.1, 0.15) is 5.82 Å². The van der Waals surface area contributed by atoms with E-state index in [2.05, 4.69) is 5.32 Å². The number of amides is 1. The molecule has 0 aromatic heterocycles. The molecule has 5 nitrogen and oxygen atoms in total. The van der Waals surface area contributed by atoms with Crippen LogP contribution >= 0.6 is 0 Å². The van der Waals surface area contributed by atoms with Crippen LogP contribution in [0.2, 0.25) is 0 Å². The van der Waals surface area contributed by atoms with Gasteiger partial charge in [0.15, 0.2) is 11.5 Å². The Balaban J connectivity index is 1.94. The number of hydrogen-bond acceptors (Lipinski definition) is 4. The Labute approximate surface area is 141 Å². The van der Waals surface area contributed by atoms with Crippen molar-refractivity contribution < 1.29 is 18.7 Å². The average molecular weight is 332 g/mol. The molecule has 6 heteroatoms. The molecule has 0 heterocycles. The minimum Gasteiger partial charge on any atom is -0.493 e. The summed E-state index contributed by atoms with van der Waals surface area (Å²) in [5, 5.41) is 2.79. The SMILES string of the molecule is COc1ccc(NC(=O)CN(C)Cc2ccccc2F)cc1OC. The maximum atomic E-state index is 13.6. The Morgan fingerprint density at radius 1 is 1.12 bits per heavy atom. The number of nitrogens with one attached hydrogen (secondary N) is 1. The third-order valence-corrected chi connectivity index (χ3v) is 3.48. The van der Waals surface area contributed by atoms with Crippen LogP contribution < -0.4 is 14.8 Å². The Hall–Kier alpha value is -2.60. The summed E-state index contributed by atoms with van der Waals surface area (Å²) in [7, 11) is 4.85. The van der Waals surface area contributed by atoms with Gasteiger partial charge in [-0.3, -0.25) is 9.69 Å². The summed E-state index contributed by atoms with van der Waals surface area (Å²) in [6, 6.07) is 11.7. The van der Waals surface area contributed by atoms with Crippen LogP contribution in [0.25, 0.3) is 0 Å². The molecule has 0 bridgehead atoms. The van der Waals surface area contributed by atoms with Gasteiger partial charge in [0.2, 0.25) is 5.91 Å². The Morgan fingerprint density at radius 3 is 2.50 bits per heavy atom. The Bertz CT molecular complexity index is 706. The van der Waals surface area contributed by atoms with Crippen molar-refractivity contribution in [3.63, 3.8) is 0 Å². The van der Waals surface area contributed by atoms with Gasteiger partial charge in [-0.1, -0.05) is 18.2 Å². The molecule has 2 aromatic carbocycles. The highest BCUT2D eigenvalue weighted by atomic mass is 19.1. The fraction of sp³-hybridized carbons (Fsp3) is 0.278. The first-order chi connectivity index (χ1) is 11.5. The number of rotatable bonds is 7. The zero-order valence-electron chi connectivity index (χ0n) is 14.0. The van der Waals surface area contributed by atoms with Gasteiger partial charge in [-0.2, -0.15) is 0 Å². The molecular formula is C18H21FN2O3. The molecule has 0 spiro atoms. The molecule has 0 saturated heterocycles. The van der Waals surface area contributed by atoms with E-state index in [1.54, 1.807) is 55.5 Å². The smallest absolute Gasteiger partial charge is 0.238 e. The zero-order chi connectivity index (χ0) is 17.5. The van der Waals surface area contributed by atoms with E-state index in [9.17, 15) is 9.18 Å². The number of nitrogens with zero attached hydrogens (tertiary/aromatic N) is 1. The second-order valence-corrected chi connectivity index (χ2v) is 5.38. The number of benzene rings is 2. The topological polar surface area (TPSA) is 50.8 Å². The van der Waals surface area contributed by atoms with E-state index in [1.807, 2.05) is 0 Å². The van der Waals surface area contributed by atoms with Crippen LogP contribution in [0.5, 0.6) is 11.5 Å². The van der Waals surface area contributed by atoms with Crippen LogP contribution in [0.4, 0.5) is 10.1 Å². The normalized spacial score (nSPS) is 10.5. The standard InChI is InChI=1S/C18H21FN2O3/c1-21(11-13-6-4-5-7-15(13)19)12-18(22)20-14-8-9-16(23-2)17(10-14)24-3/h4-10H,11-12H2,1-3H3,(H,20,22). The lowest BCUT2D eigenvalue weighted by molar-refractivity contribution is -0.117. The van der Waals surface area contributed by atoms with Gasteiger partial charge in [-0.15, -0.1) is 0 Å². The maximum absolute atomic E-state index is 13.6. The molecular weight excluding hydrogens is 311 g/mol. The largest absolute Gasteiger partial charge is 0.493 e. The summed E-state index contributed by atoms with van der Waals surface area (Å²) in [5.74, 6) is 0.660. The van der Waals surface area contributed by atoms with E-state index in [1.165, 1.54) is 13.2 Å².